The molecule has 1 N–H and O–H groups in total. The van der Waals surface area contributed by atoms with E-state index in [0.29, 0.717) is 17.9 Å². The number of aryl methyl sites for hydroxylation is 1. The van der Waals surface area contributed by atoms with Gasteiger partial charge in [0, 0.05) is 43.5 Å². The Kier molecular flexibility index (Phi) is 5.81. The summed E-state index contributed by atoms with van der Waals surface area (Å²) in [5, 5.41) is 9.95. The second-order valence-electron chi connectivity index (χ2n) is 6.81. The van der Waals surface area contributed by atoms with E-state index in [9.17, 15) is 9.90 Å². The van der Waals surface area contributed by atoms with Crippen LogP contribution in [0.5, 0.6) is 11.5 Å². The summed E-state index contributed by atoms with van der Waals surface area (Å²) >= 11 is 0. The number of aromatic nitrogens is 2. The van der Waals surface area contributed by atoms with Crippen molar-refractivity contribution < 1.29 is 14.6 Å². The third kappa shape index (κ3) is 3.84. The number of hydrogen-bond donors (Lipinski definition) is 1. The number of benzene rings is 1. The van der Waals surface area contributed by atoms with Crippen LogP contribution in [0.2, 0.25) is 0 Å². The van der Waals surface area contributed by atoms with Gasteiger partial charge in [0.15, 0.2) is 11.5 Å². The normalized spacial score (nSPS) is 17.3. The number of piperidine rings is 1. The molecule has 1 aromatic carbocycles. The van der Waals surface area contributed by atoms with Gasteiger partial charge in [-0.25, -0.2) is 4.98 Å². The van der Waals surface area contributed by atoms with Crippen LogP contribution in [0.1, 0.15) is 54.7 Å². The molecule has 1 saturated heterocycles. The SMILES string of the molecule is CCCCn1ccnc1[C@@H]1CCCN(C(=O)c2ccc(OC)c(O)c2)C1. The lowest BCUT2D eigenvalue weighted by atomic mass is 9.96. The van der Waals surface area contributed by atoms with Crippen LogP contribution in [-0.2, 0) is 6.54 Å². The minimum absolute atomic E-state index is 0.0120. The van der Waals surface area contributed by atoms with E-state index >= 15 is 0 Å². The summed E-state index contributed by atoms with van der Waals surface area (Å²) in [4.78, 5) is 19.3. The minimum Gasteiger partial charge on any atom is -0.504 e. The lowest BCUT2D eigenvalue weighted by molar-refractivity contribution is 0.0702. The van der Waals surface area contributed by atoms with Crippen molar-refractivity contribution in [2.75, 3.05) is 20.2 Å². The Labute approximate surface area is 154 Å². The molecule has 1 amide bonds. The molecule has 1 atom stereocenters. The number of aromatic hydroxyl groups is 1. The van der Waals surface area contributed by atoms with Crippen LogP contribution in [0.4, 0.5) is 0 Å². The van der Waals surface area contributed by atoms with Crippen LogP contribution in [-0.4, -0.2) is 45.7 Å². The zero-order valence-electron chi connectivity index (χ0n) is 15.5. The summed E-state index contributed by atoms with van der Waals surface area (Å²) < 4.78 is 7.27. The number of carbonyl (C=O) groups excluding carboxylic acids is 1. The number of likely N-dealkylation sites (tertiary alicyclic amines) is 1. The van der Waals surface area contributed by atoms with Crippen LogP contribution in [0.15, 0.2) is 30.6 Å². The summed E-state index contributed by atoms with van der Waals surface area (Å²) in [5.41, 5.74) is 0.485. The van der Waals surface area contributed by atoms with E-state index < -0.39 is 0 Å². The third-order valence-corrected chi connectivity index (χ3v) is 5.00. The summed E-state index contributed by atoms with van der Waals surface area (Å²) in [5.74, 6) is 1.64. The van der Waals surface area contributed by atoms with Crippen LogP contribution >= 0.6 is 0 Å². The van der Waals surface area contributed by atoms with Gasteiger partial charge in [0.2, 0.25) is 0 Å². The first-order valence-corrected chi connectivity index (χ1v) is 9.31. The van der Waals surface area contributed by atoms with Gasteiger partial charge in [0.05, 0.1) is 7.11 Å². The van der Waals surface area contributed by atoms with E-state index in [-0.39, 0.29) is 17.6 Å². The fourth-order valence-corrected chi connectivity index (χ4v) is 3.58. The van der Waals surface area contributed by atoms with Gasteiger partial charge in [-0.15, -0.1) is 0 Å². The summed E-state index contributed by atoms with van der Waals surface area (Å²) in [6.07, 6.45) is 8.16. The van der Waals surface area contributed by atoms with Gasteiger partial charge in [-0.2, -0.15) is 0 Å². The molecule has 6 nitrogen and oxygen atoms in total. The van der Waals surface area contributed by atoms with Crippen molar-refractivity contribution in [3.63, 3.8) is 0 Å². The third-order valence-electron chi connectivity index (χ3n) is 5.00. The van der Waals surface area contributed by atoms with Crippen LogP contribution in [0.25, 0.3) is 0 Å². The molecule has 1 aliphatic heterocycles. The number of rotatable bonds is 6. The van der Waals surface area contributed by atoms with Gasteiger partial charge < -0.3 is 19.3 Å². The van der Waals surface area contributed by atoms with E-state index in [0.717, 1.165) is 44.6 Å². The molecular formula is C20H27N3O3. The Bertz CT molecular complexity index is 757. The van der Waals surface area contributed by atoms with Gasteiger partial charge in [-0.1, -0.05) is 13.3 Å². The molecule has 2 aromatic rings. The maximum atomic E-state index is 12.9. The highest BCUT2D eigenvalue weighted by Crippen LogP contribution is 2.30. The van der Waals surface area contributed by atoms with Crippen molar-refractivity contribution in [3.05, 3.63) is 42.0 Å². The maximum absolute atomic E-state index is 12.9. The van der Waals surface area contributed by atoms with E-state index in [1.54, 1.807) is 12.1 Å². The molecule has 0 bridgehead atoms. The molecule has 1 aromatic heterocycles. The first-order valence-electron chi connectivity index (χ1n) is 9.31. The molecule has 1 aliphatic rings. The van der Waals surface area contributed by atoms with Crippen LogP contribution in [0, 0.1) is 0 Å². The van der Waals surface area contributed by atoms with E-state index in [1.165, 1.54) is 13.2 Å². The molecule has 0 radical (unpaired) electrons. The highest BCUT2D eigenvalue weighted by atomic mass is 16.5. The Balaban J connectivity index is 1.73. The molecule has 140 valence electrons. The number of hydrogen-bond acceptors (Lipinski definition) is 4. The van der Waals surface area contributed by atoms with Crippen LogP contribution in [0.3, 0.4) is 0 Å². The van der Waals surface area contributed by atoms with E-state index in [1.807, 2.05) is 17.3 Å². The lowest BCUT2D eigenvalue weighted by Gasteiger charge is -2.33. The average Bonchev–Trinajstić information content (AvgIpc) is 3.14. The molecule has 0 aliphatic carbocycles. The van der Waals surface area contributed by atoms with Crippen molar-refractivity contribution in [3.8, 4) is 11.5 Å². The number of ether oxygens (including phenoxy) is 1. The van der Waals surface area contributed by atoms with E-state index in [2.05, 4.69) is 16.5 Å². The highest BCUT2D eigenvalue weighted by molar-refractivity contribution is 5.95. The molecule has 0 unspecified atom stereocenters. The van der Waals surface area contributed by atoms with Gasteiger partial charge in [0.1, 0.15) is 5.82 Å². The van der Waals surface area contributed by atoms with E-state index in [4.69, 9.17) is 4.74 Å². The molecule has 1 fully saturated rings. The molecule has 6 heteroatoms. The second kappa shape index (κ2) is 8.25. The van der Waals surface area contributed by atoms with Crippen molar-refractivity contribution >= 4 is 5.91 Å². The predicted molar refractivity (Wildman–Crippen MR) is 99.7 cm³/mol. The Morgan fingerprint density at radius 1 is 1.42 bits per heavy atom. The van der Waals surface area contributed by atoms with Gasteiger partial charge in [0.25, 0.3) is 5.91 Å². The minimum atomic E-state index is -0.0562. The van der Waals surface area contributed by atoms with Crippen molar-refractivity contribution in [1.82, 2.24) is 14.5 Å². The quantitative estimate of drug-likeness (QED) is 0.860. The monoisotopic (exact) mass is 357 g/mol. The van der Waals surface area contributed by atoms with Crippen molar-refractivity contribution in [1.29, 1.82) is 0 Å². The first kappa shape index (κ1) is 18.3. The summed E-state index contributed by atoms with van der Waals surface area (Å²) in [7, 11) is 1.49. The molecule has 3 rings (SSSR count). The standard InChI is InChI=1S/C20H27N3O3/c1-3-4-10-22-12-9-21-19(22)16-6-5-11-23(14-16)20(25)15-7-8-18(26-2)17(24)13-15/h7-9,12-13,16,24H,3-6,10-11,14H2,1-2H3/t16-/m1/s1. The fourth-order valence-electron chi connectivity index (χ4n) is 3.58. The predicted octanol–water partition coefficient (Wildman–Crippen LogP) is 3.42. The number of nitrogens with zero attached hydrogens (tertiary/aromatic N) is 3. The smallest absolute Gasteiger partial charge is 0.254 e. The summed E-state index contributed by atoms with van der Waals surface area (Å²) in [6, 6.07) is 4.81. The summed E-state index contributed by atoms with van der Waals surface area (Å²) in [6.45, 7) is 4.55. The van der Waals surface area contributed by atoms with Crippen molar-refractivity contribution in [2.24, 2.45) is 0 Å². The second-order valence-corrected chi connectivity index (χ2v) is 6.81. The number of unbranched alkanes of at least 4 members (excludes halogenated alkanes) is 1. The van der Waals surface area contributed by atoms with Gasteiger partial charge in [-0.05, 0) is 37.5 Å². The van der Waals surface area contributed by atoms with Gasteiger partial charge in [-0.3, -0.25) is 4.79 Å². The number of phenolic OH excluding ortho intramolecular Hbond substituents is 1. The number of phenols is 1. The molecule has 0 saturated carbocycles. The first-order chi connectivity index (χ1) is 12.6. The Morgan fingerprint density at radius 3 is 3.00 bits per heavy atom. The van der Waals surface area contributed by atoms with Gasteiger partial charge >= 0.3 is 0 Å². The highest BCUT2D eigenvalue weighted by Gasteiger charge is 2.28. The largest absolute Gasteiger partial charge is 0.504 e. The zero-order chi connectivity index (χ0) is 18.5. The Morgan fingerprint density at radius 2 is 2.27 bits per heavy atom. The number of carbonyl (C=O) groups is 1. The zero-order valence-corrected chi connectivity index (χ0v) is 15.5. The number of amides is 1. The molecular weight excluding hydrogens is 330 g/mol. The average molecular weight is 357 g/mol. The number of imidazole rings is 1. The number of methoxy groups -OCH3 is 1. The van der Waals surface area contributed by atoms with Crippen molar-refractivity contribution in [2.45, 2.75) is 45.1 Å². The molecule has 2 heterocycles. The van der Waals surface area contributed by atoms with Crippen LogP contribution < -0.4 is 4.74 Å². The molecule has 26 heavy (non-hydrogen) atoms. The fraction of sp³-hybridized carbons (Fsp3) is 0.500. The lowest BCUT2D eigenvalue weighted by Crippen LogP contribution is -2.39. The Hall–Kier alpha value is -2.50. The maximum Gasteiger partial charge on any atom is 0.254 e. The topological polar surface area (TPSA) is 67.6 Å². The molecule has 0 spiro atoms.